The van der Waals surface area contributed by atoms with Crippen LogP contribution in [0.15, 0.2) is 23.1 Å². The highest BCUT2D eigenvalue weighted by Crippen LogP contribution is 2.35. The van der Waals surface area contributed by atoms with Crippen LogP contribution in [0, 0.1) is 0 Å². The van der Waals surface area contributed by atoms with E-state index >= 15 is 0 Å². The van der Waals surface area contributed by atoms with Crippen LogP contribution >= 0.6 is 23.2 Å². The van der Waals surface area contributed by atoms with Crippen molar-refractivity contribution in [3.63, 3.8) is 0 Å². The second-order valence-corrected chi connectivity index (χ2v) is 6.67. The zero-order chi connectivity index (χ0) is 14.8. The molecular weight excluding hydrogens is 326 g/mol. The van der Waals surface area contributed by atoms with Gasteiger partial charge in [-0.15, -0.1) is 0 Å². The maximum Gasteiger partial charge on any atom is 0.405 e. The lowest BCUT2D eigenvalue weighted by molar-refractivity contribution is -0.131. The number of rotatable bonds is 4. The van der Waals surface area contributed by atoms with Crippen LogP contribution in [-0.2, 0) is 9.84 Å². The maximum absolute atomic E-state index is 12.8. The smallest absolute Gasteiger partial charge is 0.330 e. The molecule has 0 bridgehead atoms. The summed E-state index contributed by atoms with van der Waals surface area (Å²) in [6.07, 6.45) is -5.67. The molecule has 1 aromatic carbocycles. The van der Waals surface area contributed by atoms with Gasteiger partial charge in [-0.05, 0) is 31.2 Å². The van der Waals surface area contributed by atoms with E-state index in [1.807, 2.05) is 0 Å². The molecule has 0 aromatic heterocycles. The van der Waals surface area contributed by atoms with Gasteiger partial charge in [0, 0.05) is 5.02 Å². The van der Waals surface area contributed by atoms with E-state index in [0.717, 1.165) is 12.1 Å². The molecule has 0 heterocycles. The standard InChI is InChI=1S/C10H10Cl2F3NO2S/c11-6-1-2-7(12)8(5-6)19(17,18)9(3-4-16)10(13,14)15/h1-2,5,9H,3-4,16H2. The topological polar surface area (TPSA) is 60.2 Å². The van der Waals surface area contributed by atoms with Gasteiger partial charge in [0.2, 0.25) is 0 Å². The molecule has 19 heavy (non-hydrogen) atoms. The predicted octanol–water partition coefficient (Wildman–Crippen LogP) is 3.05. The first-order valence-electron chi connectivity index (χ1n) is 5.06. The Kier molecular flexibility index (Phi) is 5.11. The van der Waals surface area contributed by atoms with Crippen LogP contribution in [0.1, 0.15) is 6.42 Å². The van der Waals surface area contributed by atoms with Crippen LogP contribution in [0.4, 0.5) is 13.2 Å². The number of hydrogen-bond donors (Lipinski definition) is 1. The Morgan fingerprint density at radius 3 is 2.32 bits per heavy atom. The summed E-state index contributed by atoms with van der Waals surface area (Å²) in [5, 5.41) is -2.92. The minimum atomic E-state index is -4.93. The molecule has 2 N–H and O–H groups in total. The van der Waals surface area contributed by atoms with Crippen LogP contribution in [-0.4, -0.2) is 26.4 Å². The van der Waals surface area contributed by atoms with Crippen molar-refractivity contribution in [3.05, 3.63) is 28.2 Å². The molecule has 0 aliphatic carbocycles. The fourth-order valence-electron chi connectivity index (χ4n) is 1.49. The Morgan fingerprint density at radius 2 is 1.84 bits per heavy atom. The van der Waals surface area contributed by atoms with Crippen molar-refractivity contribution in [2.75, 3.05) is 6.54 Å². The van der Waals surface area contributed by atoms with Gasteiger partial charge in [-0.3, -0.25) is 0 Å². The van der Waals surface area contributed by atoms with Gasteiger partial charge in [-0.2, -0.15) is 13.2 Å². The van der Waals surface area contributed by atoms with E-state index in [9.17, 15) is 21.6 Å². The summed E-state index contributed by atoms with van der Waals surface area (Å²) >= 11 is 11.2. The van der Waals surface area contributed by atoms with Gasteiger partial charge in [0.05, 0.1) is 9.92 Å². The van der Waals surface area contributed by atoms with Gasteiger partial charge in [0.1, 0.15) is 0 Å². The van der Waals surface area contributed by atoms with Crippen molar-refractivity contribution in [2.24, 2.45) is 5.73 Å². The third-order valence-corrected chi connectivity index (χ3v) is 5.25. The summed E-state index contributed by atoms with van der Waals surface area (Å²) < 4.78 is 62.5. The van der Waals surface area contributed by atoms with Crippen molar-refractivity contribution in [3.8, 4) is 0 Å². The van der Waals surface area contributed by atoms with E-state index < -0.39 is 39.1 Å². The lowest BCUT2D eigenvalue weighted by atomic mass is 10.3. The molecule has 0 spiro atoms. The average molecular weight is 336 g/mol. The minimum Gasteiger partial charge on any atom is -0.330 e. The average Bonchev–Trinajstić information content (AvgIpc) is 2.27. The van der Waals surface area contributed by atoms with E-state index in [-0.39, 0.29) is 10.0 Å². The summed E-state index contributed by atoms with van der Waals surface area (Å²) in [4.78, 5) is -0.641. The number of hydrogen-bond acceptors (Lipinski definition) is 3. The first kappa shape index (κ1) is 16.6. The highest BCUT2D eigenvalue weighted by atomic mass is 35.5. The summed E-state index contributed by atoms with van der Waals surface area (Å²) in [5.41, 5.74) is 5.05. The highest BCUT2D eigenvalue weighted by Gasteiger charge is 2.49. The quantitative estimate of drug-likeness (QED) is 0.919. The molecule has 0 fully saturated rings. The SMILES string of the molecule is NCCC(C(F)(F)F)S(=O)(=O)c1cc(Cl)ccc1Cl. The summed E-state index contributed by atoms with van der Waals surface area (Å²) in [7, 11) is -4.70. The number of sulfone groups is 1. The van der Waals surface area contributed by atoms with Crippen LogP contribution in [0.2, 0.25) is 10.0 Å². The molecule has 9 heteroatoms. The monoisotopic (exact) mass is 335 g/mol. The van der Waals surface area contributed by atoms with Crippen LogP contribution < -0.4 is 5.73 Å². The van der Waals surface area contributed by atoms with Gasteiger partial charge in [0.25, 0.3) is 0 Å². The molecule has 0 saturated heterocycles. The molecule has 1 unspecified atom stereocenters. The maximum atomic E-state index is 12.8. The van der Waals surface area contributed by atoms with Gasteiger partial charge in [0.15, 0.2) is 15.1 Å². The largest absolute Gasteiger partial charge is 0.405 e. The number of nitrogens with two attached hydrogens (primary N) is 1. The minimum absolute atomic E-state index is 0.0170. The molecule has 1 atom stereocenters. The van der Waals surface area contributed by atoms with Crippen LogP contribution in [0.3, 0.4) is 0 Å². The van der Waals surface area contributed by atoms with Crippen LogP contribution in [0.25, 0.3) is 0 Å². The Labute approximate surface area is 118 Å². The van der Waals surface area contributed by atoms with Crippen molar-refractivity contribution >= 4 is 33.0 Å². The normalized spacial score (nSPS) is 14.4. The second-order valence-electron chi connectivity index (χ2n) is 3.73. The van der Waals surface area contributed by atoms with Crippen molar-refractivity contribution in [2.45, 2.75) is 22.7 Å². The predicted molar refractivity (Wildman–Crippen MR) is 67.2 cm³/mol. The van der Waals surface area contributed by atoms with E-state index in [2.05, 4.69) is 0 Å². The first-order valence-corrected chi connectivity index (χ1v) is 7.36. The Balaban J connectivity index is 3.39. The number of halogens is 5. The lowest BCUT2D eigenvalue weighted by Crippen LogP contribution is -2.38. The van der Waals surface area contributed by atoms with Crippen molar-refractivity contribution in [1.29, 1.82) is 0 Å². The Bertz CT molecular complexity index is 560. The highest BCUT2D eigenvalue weighted by molar-refractivity contribution is 7.92. The number of alkyl halides is 3. The molecule has 0 radical (unpaired) electrons. The number of benzene rings is 1. The zero-order valence-corrected chi connectivity index (χ0v) is 11.7. The fraction of sp³-hybridized carbons (Fsp3) is 0.400. The summed E-state index contributed by atoms with van der Waals surface area (Å²) in [6.45, 7) is -0.415. The van der Waals surface area contributed by atoms with E-state index in [4.69, 9.17) is 28.9 Å². The van der Waals surface area contributed by atoms with E-state index in [1.54, 1.807) is 0 Å². The molecule has 0 saturated carbocycles. The van der Waals surface area contributed by atoms with Crippen molar-refractivity contribution < 1.29 is 21.6 Å². The Morgan fingerprint density at radius 1 is 1.26 bits per heavy atom. The molecule has 1 rings (SSSR count). The third kappa shape index (κ3) is 3.75. The zero-order valence-electron chi connectivity index (χ0n) is 9.42. The van der Waals surface area contributed by atoms with Gasteiger partial charge in [-0.25, -0.2) is 8.42 Å². The van der Waals surface area contributed by atoms with Gasteiger partial charge in [-0.1, -0.05) is 23.2 Å². The molecular formula is C10H10Cl2F3NO2S. The molecule has 1 aromatic rings. The molecule has 0 aliphatic rings. The summed E-state index contributed by atoms with van der Waals surface area (Å²) in [5.74, 6) is 0. The first-order chi connectivity index (χ1) is 8.60. The lowest BCUT2D eigenvalue weighted by Gasteiger charge is -2.20. The molecule has 0 amide bonds. The van der Waals surface area contributed by atoms with E-state index in [0.29, 0.717) is 0 Å². The second kappa shape index (κ2) is 5.87. The van der Waals surface area contributed by atoms with Gasteiger partial charge >= 0.3 is 6.18 Å². The third-order valence-electron chi connectivity index (χ3n) is 2.37. The fourth-order valence-corrected chi connectivity index (χ4v) is 3.91. The molecule has 108 valence electrons. The van der Waals surface area contributed by atoms with Gasteiger partial charge < -0.3 is 5.73 Å². The van der Waals surface area contributed by atoms with Crippen LogP contribution in [0.5, 0.6) is 0 Å². The molecule has 3 nitrogen and oxygen atoms in total. The molecule has 0 aliphatic heterocycles. The Hall–Kier alpha value is -0.500. The van der Waals surface area contributed by atoms with Crippen molar-refractivity contribution in [1.82, 2.24) is 0 Å². The summed E-state index contributed by atoms with van der Waals surface area (Å²) in [6, 6.07) is 3.32. The van der Waals surface area contributed by atoms with E-state index in [1.165, 1.54) is 6.07 Å².